The number of fused-ring (bicyclic) bond motifs is 1. The second-order valence-corrected chi connectivity index (χ2v) is 6.74. The number of aromatic nitrogens is 2. The molecule has 0 unspecified atom stereocenters. The number of carbonyl (C=O) groups is 3. The van der Waals surface area contributed by atoms with E-state index in [9.17, 15) is 19.5 Å². The molecule has 0 bridgehead atoms. The third-order valence-electron chi connectivity index (χ3n) is 4.74. The number of ketones is 1. The largest absolute Gasteiger partial charge is 0.364 e. The van der Waals surface area contributed by atoms with E-state index >= 15 is 0 Å². The van der Waals surface area contributed by atoms with Gasteiger partial charge in [0, 0.05) is 18.0 Å². The molecule has 1 aliphatic heterocycles. The van der Waals surface area contributed by atoms with Crippen LogP contribution in [0.2, 0.25) is 0 Å². The number of Topliss-reactive ketones (excluding diaryl/α,β-unsaturated/α-hetero) is 1. The summed E-state index contributed by atoms with van der Waals surface area (Å²) < 4.78 is 1.56. The summed E-state index contributed by atoms with van der Waals surface area (Å²) in [5, 5.41) is 15.3. The summed E-state index contributed by atoms with van der Waals surface area (Å²) in [5.74, 6) is 3.07. The maximum atomic E-state index is 12.1. The highest BCUT2D eigenvalue weighted by Crippen LogP contribution is 2.23. The van der Waals surface area contributed by atoms with Crippen molar-refractivity contribution in [2.75, 3.05) is 13.6 Å². The second-order valence-electron chi connectivity index (χ2n) is 6.74. The number of amides is 2. The molecule has 2 amide bonds. The topological polar surface area (TPSA) is 119 Å². The van der Waals surface area contributed by atoms with Crippen molar-refractivity contribution >= 4 is 28.5 Å². The first-order valence-electron chi connectivity index (χ1n) is 8.73. The number of benzene rings is 2. The van der Waals surface area contributed by atoms with Crippen LogP contribution in [0.3, 0.4) is 0 Å². The molecule has 2 heterocycles. The standard InChI is InChI=1S/C21H16N4O4/c1-24-12-17(26)21(29,20(24)28)10-9-13-5-4-6-14(11-13)25-16-8-3-2-7-15(16)18(23-25)19(22)27/h2-8,11,29H,12H2,1H3,(H2,22,27)/t21-/m1/s1. The van der Waals surface area contributed by atoms with E-state index in [1.54, 1.807) is 41.1 Å². The fourth-order valence-electron chi connectivity index (χ4n) is 3.24. The second kappa shape index (κ2) is 6.58. The van der Waals surface area contributed by atoms with Crippen LogP contribution in [0.5, 0.6) is 0 Å². The Kier molecular flexibility index (Phi) is 4.18. The molecule has 8 nitrogen and oxygen atoms in total. The normalized spacial score (nSPS) is 18.8. The van der Waals surface area contributed by atoms with Gasteiger partial charge in [0.15, 0.2) is 5.69 Å². The number of nitrogens with zero attached hydrogens (tertiary/aromatic N) is 3. The van der Waals surface area contributed by atoms with E-state index in [0.29, 0.717) is 22.2 Å². The summed E-state index contributed by atoms with van der Waals surface area (Å²) in [6.07, 6.45) is 0. The number of aliphatic hydroxyl groups is 1. The number of hydrogen-bond donors (Lipinski definition) is 2. The molecule has 144 valence electrons. The fraction of sp³-hybridized carbons (Fsp3) is 0.143. The van der Waals surface area contributed by atoms with Crippen LogP contribution in [0, 0.1) is 11.8 Å². The predicted molar refractivity (Wildman–Crippen MR) is 104 cm³/mol. The zero-order chi connectivity index (χ0) is 20.8. The fourth-order valence-corrected chi connectivity index (χ4v) is 3.24. The van der Waals surface area contributed by atoms with E-state index in [4.69, 9.17) is 5.73 Å². The Morgan fingerprint density at radius 2 is 1.97 bits per heavy atom. The van der Waals surface area contributed by atoms with E-state index in [1.807, 2.05) is 12.1 Å². The minimum atomic E-state index is -2.33. The van der Waals surface area contributed by atoms with Gasteiger partial charge in [-0.05, 0) is 30.2 Å². The van der Waals surface area contributed by atoms with Gasteiger partial charge in [-0.25, -0.2) is 4.68 Å². The molecular formula is C21H16N4O4. The number of para-hydroxylation sites is 1. The van der Waals surface area contributed by atoms with Crippen molar-refractivity contribution < 1.29 is 19.5 Å². The Hall–Kier alpha value is -3.96. The maximum absolute atomic E-state index is 12.1. The van der Waals surface area contributed by atoms with Gasteiger partial charge in [0.05, 0.1) is 17.7 Å². The number of likely N-dealkylation sites (N-methyl/N-ethyl adjacent to an activating group) is 1. The van der Waals surface area contributed by atoms with Crippen LogP contribution >= 0.6 is 0 Å². The molecule has 1 fully saturated rings. The van der Waals surface area contributed by atoms with E-state index in [-0.39, 0.29) is 12.2 Å². The maximum Gasteiger partial charge on any atom is 0.275 e. The number of carbonyl (C=O) groups excluding carboxylic acids is 3. The van der Waals surface area contributed by atoms with Gasteiger partial charge in [-0.15, -0.1) is 0 Å². The summed E-state index contributed by atoms with van der Waals surface area (Å²) in [5.41, 5.74) is 5.01. The minimum absolute atomic E-state index is 0.150. The van der Waals surface area contributed by atoms with E-state index in [2.05, 4.69) is 16.9 Å². The molecule has 0 saturated carbocycles. The highest BCUT2D eigenvalue weighted by molar-refractivity contribution is 6.18. The van der Waals surface area contributed by atoms with Gasteiger partial charge >= 0.3 is 0 Å². The van der Waals surface area contributed by atoms with Crippen molar-refractivity contribution in [3.63, 3.8) is 0 Å². The number of hydrogen-bond acceptors (Lipinski definition) is 5. The molecule has 3 N–H and O–H groups in total. The zero-order valence-electron chi connectivity index (χ0n) is 15.4. The lowest BCUT2D eigenvalue weighted by Gasteiger charge is -2.11. The van der Waals surface area contributed by atoms with Crippen molar-refractivity contribution in [2.24, 2.45) is 5.73 Å². The number of nitrogens with two attached hydrogens (primary N) is 1. The van der Waals surface area contributed by atoms with Crippen molar-refractivity contribution in [1.82, 2.24) is 14.7 Å². The van der Waals surface area contributed by atoms with Gasteiger partial charge < -0.3 is 15.7 Å². The molecule has 29 heavy (non-hydrogen) atoms. The molecule has 1 atom stereocenters. The summed E-state index contributed by atoms with van der Waals surface area (Å²) in [7, 11) is 1.43. The zero-order valence-corrected chi connectivity index (χ0v) is 15.4. The van der Waals surface area contributed by atoms with Crippen LogP contribution in [0.25, 0.3) is 16.6 Å². The summed E-state index contributed by atoms with van der Waals surface area (Å²) >= 11 is 0. The van der Waals surface area contributed by atoms with E-state index < -0.39 is 23.2 Å². The first-order chi connectivity index (χ1) is 13.8. The summed E-state index contributed by atoms with van der Waals surface area (Å²) in [6, 6.07) is 14.0. The highest BCUT2D eigenvalue weighted by Gasteiger charge is 2.50. The Labute approximate surface area is 165 Å². The molecule has 4 rings (SSSR count). The average molecular weight is 388 g/mol. The molecule has 3 aromatic rings. The monoisotopic (exact) mass is 388 g/mol. The molecule has 1 saturated heterocycles. The van der Waals surface area contributed by atoms with Gasteiger partial charge in [-0.1, -0.05) is 30.2 Å². The number of rotatable bonds is 2. The van der Waals surface area contributed by atoms with Crippen LogP contribution in [0.1, 0.15) is 16.1 Å². The Morgan fingerprint density at radius 3 is 2.66 bits per heavy atom. The smallest absolute Gasteiger partial charge is 0.275 e. The highest BCUT2D eigenvalue weighted by atomic mass is 16.3. The van der Waals surface area contributed by atoms with Gasteiger partial charge in [-0.3, -0.25) is 14.4 Å². The van der Waals surface area contributed by atoms with Gasteiger partial charge in [-0.2, -0.15) is 5.10 Å². The number of likely N-dealkylation sites (tertiary alicyclic amines) is 1. The minimum Gasteiger partial charge on any atom is -0.364 e. The summed E-state index contributed by atoms with van der Waals surface area (Å²) in [4.78, 5) is 36.9. The van der Waals surface area contributed by atoms with Gasteiger partial charge in [0.1, 0.15) is 0 Å². The molecule has 1 aliphatic rings. The van der Waals surface area contributed by atoms with Crippen LogP contribution in [-0.2, 0) is 9.59 Å². The van der Waals surface area contributed by atoms with Gasteiger partial charge in [0.25, 0.3) is 17.4 Å². The molecule has 0 spiro atoms. The Balaban J connectivity index is 1.77. The van der Waals surface area contributed by atoms with E-state index in [1.165, 1.54) is 7.05 Å². The van der Waals surface area contributed by atoms with Gasteiger partial charge in [0.2, 0.25) is 5.78 Å². The van der Waals surface area contributed by atoms with Crippen LogP contribution in [0.4, 0.5) is 0 Å². The third-order valence-corrected chi connectivity index (χ3v) is 4.74. The average Bonchev–Trinajstić information content (AvgIpc) is 3.19. The lowest BCUT2D eigenvalue weighted by atomic mass is 10.0. The quantitative estimate of drug-likeness (QED) is 0.482. The Morgan fingerprint density at radius 1 is 1.21 bits per heavy atom. The Bertz CT molecular complexity index is 1250. The first-order valence-corrected chi connectivity index (χ1v) is 8.73. The lowest BCUT2D eigenvalue weighted by molar-refractivity contribution is -0.142. The predicted octanol–water partition coefficient (Wildman–Crippen LogP) is 0.248. The third kappa shape index (κ3) is 2.94. The lowest BCUT2D eigenvalue weighted by Crippen LogP contribution is -2.41. The van der Waals surface area contributed by atoms with Crippen LogP contribution in [-0.4, -0.2) is 56.6 Å². The molecule has 0 radical (unpaired) electrons. The first kappa shape index (κ1) is 18.4. The van der Waals surface area contributed by atoms with Crippen molar-refractivity contribution in [3.05, 3.63) is 59.8 Å². The van der Waals surface area contributed by atoms with Crippen LogP contribution in [0.15, 0.2) is 48.5 Å². The van der Waals surface area contributed by atoms with Crippen molar-refractivity contribution in [1.29, 1.82) is 0 Å². The molecule has 2 aromatic carbocycles. The SMILES string of the molecule is CN1CC(=O)[C@](O)(C#Cc2cccc(-n3nc(C(N)=O)c4ccccc43)c2)C1=O. The molecule has 1 aromatic heterocycles. The van der Waals surface area contributed by atoms with Crippen LogP contribution < -0.4 is 5.73 Å². The molecular weight excluding hydrogens is 372 g/mol. The van der Waals surface area contributed by atoms with E-state index in [0.717, 1.165) is 4.90 Å². The molecule has 0 aliphatic carbocycles. The summed E-state index contributed by atoms with van der Waals surface area (Å²) in [6.45, 7) is -0.181. The van der Waals surface area contributed by atoms with Crippen molar-refractivity contribution in [2.45, 2.75) is 5.60 Å². The number of primary amides is 1. The molecule has 8 heteroatoms. The van der Waals surface area contributed by atoms with Crippen molar-refractivity contribution in [3.8, 4) is 17.5 Å².